The number of para-hydroxylation sites is 5. The first-order valence-electron chi connectivity index (χ1n) is 9.28. The Kier molecular flexibility index (Phi) is 5.76. The van der Waals surface area contributed by atoms with E-state index in [1.807, 2.05) is 30.3 Å². The van der Waals surface area contributed by atoms with Crippen LogP contribution in [-0.2, 0) is 0 Å². The second kappa shape index (κ2) is 8.97. The van der Waals surface area contributed by atoms with Gasteiger partial charge in [-0.25, -0.2) is 0 Å². The molecule has 148 valence electrons. The zero-order valence-corrected chi connectivity index (χ0v) is 15.7. The van der Waals surface area contributed by atoms with E-state index < -0.39 is 0 Å². The van der Waals surface area contributed by atoms with E-state index in [1.54, 1.807) is 42.5 Å². The van der Waals surface area contributed by atoms with Gasteiger partial charge in [-0.3, -0.25) is 0 Å². The predicted molar refractivity (Wildman–Crippen MR) is 107 cm³/mol. The topological polar surface area (TPSA) is 75.4 Å². The predicted octanol–water partition coefficient (Wildman–Crippen LogP) is 4.84. The summed E-state index contributed by atoms with van der Waals surface area (Å²) in [5.41, 5.74) is 0.728. The Morgan fingerprint density at radius 2 is 1.03 bits per heavy atom. The summed E-state index contributed by atoms with van der Waals surface area (Å²) in [5, 5.41) is 16.8. The molecule has 0 saturated carbocycles. The lowest BCUT2D eigenvalue weighted by Crippen LogP contribution is -2.13. The molecule has 0 aliphatic carbocycles. The number of azo groups is 1. The molecule has 7 heteroatoms. The Balaban J connectivity index is 1.66. The third-order valence-electron chi connectivity index (χ3n) is 4.18. The van der Waals surface area contributed by atoms with Crippen LogP contribution in [0.4, 0.5) is 11.4 Å². The molecule has 0 saturated heterocycles. The summed E-state index contributed by atoms with van der Waals surface area (Å²) in [6.07, 6.45) is 0. The molecular weight excluding hydrogens is 372 g/mol. The van der Waals surface area contributed by atoms with Crippen LogP contribution in [-0.4, -0.2) is 31.3 Å². The van der Waals surface area contributed by atoms with Crippen molar-refractivity contribution in [2.24, 2.45) is 5.11 Å². The quantitative estimate of drug-likeness (QED) is 0.404. The minimum atomic E-state index is 0.263. The van der Waals surface area contributed by atoms with Gasteiger partial charge in [0.05, 0.1) is 0 Å². The van der Waals surface area contributed by atoms with E-state index in [9.17, 15) is 5.21 Å². The van der Waals surface area contributed by atoms with E-state index in [1.165, 1.54) is 0 Å². The number of hydrogen-bond acceptors (Lipinski definition) is 6. The first kappa shape index (κ1) is 18.6. The smallest absolute Gasteiger partial charge is 0.286 e. The standard InChI is InChI=1S/C22H20N2O5/c25-24-18-8-2-4-10-20(18)27-14-16-29-22-12-6-5-11-21(22)28-15-13-26-19-9-3-1-7-17(19)23-24/h1-12H,13-16H2. The molecule has 1 aliphatic heterocycles. The van der Waals surface area contributed by atoms with E-state index in [4.69, 9.17) is 18.9 Å². The van der Waals surface area contributed by atoms with Crippen LogP contribution in [0.5, 0.6) is 23.0 Å². The molecule has 4 rings (SSSR count). The summed E-state index contributed by atoms with van der Waals surface area (Å²) in [4.78, 5) is 0.538. The molecule has 0 fully saturated rings. The Bertz CT molecular complexity index is 1010. The second-order valence-corrected chi connectivity index (χ2v) is 6.15. The maximum atomic E-state index is 12.7. The fourth-order valence-corrected chi connectivity index (χ4v) is 2.85. The summed E-state index contributed by atoms with van der Waals surface area (Å²) in [7, 11) is 0. The van der Waals surface area contributed by atoms with Gasteiger partial charge in [-0.05, 0) is 35.2 Å². The molecule has 0 aromatic heterocycles. The fraction of sp³-hybridized carbons (Fsp3) is 0.182. The molecule has 0 amide bonds. The molecule has 0 spiro atoms. The average Bonchev–Trinajstić information content (AvgIpc) is 2.75. The van der Waals surface area contributed by atoms with Crippen LogP contribution in [0.3, 0.4) is 0 Å². The van der Waals surface area contributed by atoms with Crippen LogP contribution in [0.25, 0.3) is 0 Å². The lowest BCUT2D eigenvalue weighted by molar-refractivity contribution is -0.436. The van der Waals surface area contributed by atoms with Gasteiger partial charge >= 0.3 is 0 Å². The Morgan fingerprint density at radius 3 is 1.69 bits per heavy atom. The highest BCUT2D eigenvalue weighted by Crippen LogP contribution is 2.32. The molecule has 0 unspecified atom stereocenters. The highest BCUT2D eigenvalue weighted by atomic mass is 16.6. The van der Waals surface area contributed by atoms with E-state index >= 15 is 0 Å². The van der Waals surface area contributed by atoms with Gasteiger partial charge in [0.1, 0.15) is 26.4 Å². The average molecular weight is 392 g/mol. The molecule has 29 heavy (non-hydrogen) atoms. The van der Waals surface area contributed by atoms with E-state index in [-0.39, 0.29) is 6.61 Å². The third-order valence-corrected chi connectivity index (χ3v) is 4.18. The second-order valence-electron chi connectivity index (χ2n) is 6.15. The Labute approximate surface area is 168 Å². The van der Waals surface area contributed by atoms with Crippen molar-refractivity contribution >= 4 is 11.4 Å². The minimum absolute atomic E-state index is 0.263. The van der Waals surface area contributed by atoms with Crippen molar-refractivity contribution in [1.29, 1.82) is 0 Å². The summed E-state index contributed by atoms with van der Waals surface area (Å²) in [6.45, 7) is 1.16. The van der Waals surface area contributed by atoms with Crippen LogP contribution >= 0.6 is 0 Å². The molecule has 1 aliphatic rings. The van der Waals surface area contributed by atoms with E-state index in [0.29, 0.717) is 59.1 Å². The number of fused-ring (bicyclic) bond motifs is 3. The summed E-state index contributed by atoms with van der Waals surface area (Å²) < 4.78 is 23.1. The van der Waals surface area contributed by atoms with Crippen molar-refractivity contribution in [1.82, 2.24) is 0 Å². The molecule has 0 bridgehead atoms. The first-order valence-corrected chi connectivity index (χ1v) is 9.28. The number of nitrogens with zero attached hydrogens (tertiary/aromatic N) is 2. The van der Waals surface area contributed by atoms with Crippen molar-refractivity contribution in [3.63, 3.8) is 0 Å². The van der Waals surface area contributed by atoms with Gasteiger partial charge in [0.25, 0.3) is 5.69 Å². The van der Waals surface area contributed by atoms with Crippen molar-refractivity contribution in [3.05, 3.63) is 78.0 Å². The lowest BCUT2D eigenvalue weighted by Gasteiger charge is -2.15. The maximum Gasteiger partial charge on any atom is 0.286 e. The Morgan fingerprint density at radius 1 is 0.586 bits per heavy atom. The minimum Gasteiger partial charge on any atom is -0.594 e. The van der Waals surface area contributed by atoms with Gasteiger partial charge in [-0.2, -0.15) is 0 Å². The van der Waals surface area contributed by atoms with Crippen LogP contribution in [0.15, 0.2) is 77.9 Å². The fourth-order valence-electron chi connectivity index (χ4n) is 2.85. The van der Waals surface area contributed by atoms with Crippen molar-refractivity contribution in [2.45, 2.75) is 0 Å². The highest BCUT2D eigenvalue weighted by molar-refractivity contribution is 5.51. The van der Waals surface area contributed by atoms with E-state index in [0.717, 1.165) is 0 Å². The van der Waals surface area contributed by atoms with Gasteiger partial charge in [-0.1, -0.05) is 36.4 Å². The molecule has 1 heterocycles. The normalized spacial score (nSPS) is 14.4. The molecule has 3 aromatic carbocycles. The van der Waals surface area contributed by atoms with Gasteiger partial charge in [0.2, 0.25) is 0 Å². The maximum absolute atomic E-state index is 12.7. The van der Waals surface area contributed by atoms with Crippen LogP contribution in [0.2, 0.25) is 0 Å². The molecule has 0 radical (unpaired) electrons. The molecule has 0 N–H and O–H groups in total. The zero-order valence-electron chi connectivity index (χ0n) is 15.7. The summed E-state index contributed by atoms with van der Waals surface area (Å²) in [6, 6.07) is 21.5. The van der Waals surface area contributed by atoms with Gasteiger partial charge in [0.15, 0.2) is 28.7 Å². The Hall–Kier alpha value is -3.74. The van der Waals surface area contributed by atoms with Crippen molar-refractivity contribution in [2.75, 3.05) is 26.4 Å². The SMILES string of the molecule is [O-][N+]1=Nc2ccccc2OCCOc2ccccc2OCCOc2ccccc21. The summed E-state index contributed by atoms with van der Waals surface area (Å²) in [5.74, 6) is 2.17. The third kappa shape index (κ3) is 4.57. The van der Waals surface area contributed by atoms with Gasteiger partial charge in [0, 0.05) is 11.2 Å². The van der Waals surface area contributed by atoms with Crippen molar-refractivity contribution in [3.8, 4) is 23.0 Å². The number of hydrogen-bond donors (Lipinski definition) is 0. The van der Waals surface area contributed by atoms with E-state index in [2.05, 4.69) is 5.11 Å². The van der Waals surface area contributed by atoms with Gasteiger partial charge in [-0.15, -0.1) is 0 Å². The molecule has 7 nitrogen and oxygen atoms in total. The molecule has 3 aromatic rings. The number of ether oxygens (including phenoxy) is 4. The van der Waals surface area contributed by atoms with Crippen LogP contribution < -0.4 is 18.9 Å². The van der Waals surface area contributed by atoms with Crippen molar-refractivity contribution < 1.29 is 23.8 Å². The molecule has 0 atom stereocenters. The zero-order chi connectivity index (χ0) is 19.9. The number of rotatable bonds is 0. The first-order chi connectivity index (χ1) is 14.3. The summed E-state index contributed by atoms with van der Waals surface area (Å²) >= 11 is 0. The van der Waals surface area contributed by atoms with Crippen LogP contribution in [0, 0.1) is 5.21 Å². The lowest BCUT2D eigenvalue weighted by atomic mass is 10.3. The largest absolute Gasteiger partial charge is 0.594 e. The monoisotopic (exact) mass is 392 g/mol. The molecular formula is C22H20N2O5. The van der Waals surface area contributed by atoms with Gasteiger partial charge < -0.3 is 24.2 Å². The highest BCUT2D eigenvalue weighted by Gasteiger charge is 2.15. The van der Waals surface area contributed by atoms with Crippen LogP contribution in [0.1, 0.15) is 0 Å². The number of benzene rings is 3.